The lowest BCUT2D eigenvalue weighted by Gasteiger charge is -2.07. The van der Waals surface area contributed by atoms with E-state index in [0.717, 1.165) is 48.0 Å². The van der Waals surface area contributed by atoms with Gasteiger partial charge < -0.3 is 0 Å². The van der Waals surface area contributed by atoms with E-state index >= 15 is 0 Å². The van der Waals surface area contributed by atoms with Crippen molar-refractivity contribution in [2.45, 2.75) is 25.7 Å². The van der Waals surface area contributed by atoms with Crippen molar-refractivity contribution in [1.82, 2.24) is 0 Å². The Balaban J connectivity index is 1.97. The third-order valence-electron chi connectivity index (χ3n) is 4.31. The highest BCUT2D eigenvalue weighted by atomic mass is 35.5. The molecule has 1 aliphatic rings. The van der Waals surface area contributed by atoms with Gasteiger partial charge >= 0.3 is 0 Å². The van der Waals surface area contributed by atoms with E-state index in [2.05, 4.69) is 0 Å². The van der Waals surface area contributed by atoms with E-state index in [1.165, 1.54) is 0 Å². The summed E-state index contributed by atoms with van der Waals surface area (Å²) in [4.78, 5) is 13.0. The zero-order valence-corrected chi connectivity index (χ0v) is 16.9. The molecule has 0 N–H and O–H groups in total. The minimum Gasteiger partial charge on any atom is -0.289 e. The predicted molar refractivity (Wildman–Crippen MR) is 112 cm³/mol. The van der Waals surface area contributed by atoms with Gasteiger partial charge in [0.25, 0.3) is 0 Å². The smallest absolute Gasteiger partial charge is 0.185 e. The Morgan fingerprint density at radius 1 is 0.692 bits per heavy atom. The molecule has 0 bridgehead atoms. The summed E-state index contributed by atoms with van der Waals surface area (Å²) in [7, 11) is 0. The molecule has 5 heteroatoms. The van der Waals surface area contributed by atoms with Gasteiger partial charge in [0.15, 0.2) is 5.78 Å². The van der Waals surface area contributed by atoms with Gasteiger partial charge in [0.1, 0.15) is 0 Å². The first-order valence-electron chi connectivity index (χ1n) is 8.30. The van der Waals surface area contributed by atoms with Crippen LogP contribution >= 0.6 is 46.4 Å². The van der Waals surface area contributed by atoms with Crippen molar-refractivity contribution in [2.24, 2.45) is 0 Å². The van der Waals surface area contributed by atoms with E-state index in [9.17, 15) is 4.79 Å². The normalized spacial score (nSPS) is 18.4. The minimum absolute atomic E-state index is 0.0412. The van der Waals surface area contributed by atoms with Gasteiger partial charge in [0, 0.05) is 31.2 Å². The molecular formula is C21H16Cl4O. The van der Waals surface area contributed by atoms with Crippen molar-refractivity contribution in [3.63, 3.8) is 0 Å². The second-order valence-electron chi connectivity index (χ2n) is 6.21. The van der Waals surface area contributed by atoms with Crippen LogP contribution in [-0.2, 0) is 4.79 Å². The largest absolute Gasteiger partial charge is 0.289 e. The summed E-state index contributed by atoms with van der Waals surface area (Å²) in [6.07, 6.45) is 7.09. The topological polar surface area (TPSA) is 17.1 Å². The van der Waals surface area contributed by atoms with E-state index in [0.29, 0.717) is 20.1 Å². The van der Waals surface area contributed by atoms with Crippen LogP contribution in [0.5, 0.6) is 0 Å². The first kappa shape index (κ1) is 19.5. The minimum atomic E-state index is 0.0412. The molecule has 0 amide bonds. The Morgan fingerprint density at radius 3 is 1.50 bits per heavy atom. The maximum absolute atomic E-state index is 13.0. The zero-order valence-electron chi connectivity index (χ0n) is 13.9. The molecule has 1 aliphatic carbocycles. The van der Waals surface area contributed by atoms with Gasteiger partial charge in [0.2, 0.25) is 0 Å². The van der Waals surface area contributed by atoms with Crippen molar-refractivity contribution in [3.05, 3.63) is 78.8 Å². The first-order valence-corrected chi connectivity index (χ1v) is 9.81. The van der Waals surface area contributed by atoms with Gasteiger partial charge in [-0.3, -0.25) is 4.79 Å². The van der Waals surface area contributed by atoms with Crippen molar-refractivity contribution in [2.75, 3.05) is 0 Å². The van der Waals surface area contributed by atoms with Crippen LogP contribution in [0, 0.1) is 0 Å². The maximum Gasteiger partial charge on any atom is 0.185 e. The molecule has 2 aromatic carbocycles. The number of allylic oxidation sites excluding steroid dienone is 2. The molecule has 0 unspecified atom stereocenters. The number of halogens is 4. The molecule has 1 saturated carbocycles. The highest BCUT2D eigenvalue weighted by Crippen LogP contribution is 2.31. The molecule has 0 aliphatic heterocycles. The summed E-state index contributed by atoms with van der Waals surface area (Å²) in [5.74, 6) is 0.0412. The molecule has 3 rings (SSSR count). The van der Waals surface area contributed by atoms with Gasteiger partial charge in [0.05, 0.1) is 0 Å². The molecule has 0 heterocycles. The van der Waals surface area contributed by atoms with Crippen LogP contribution < -0.4 is 0 Å². The Kier molecular flexibility index (Phi) is 6.47. The van der Waals surface area contributed by atoms with Gasteiger partial charge in [-0.05, 0) is 73.2 Å². The average Bonchev–Trinajstić information content (AvgIpc) is 2.75. The zero-order chi connectivity index (χ0) is 18.7. The molecule has 0 radical (unpaired) electrons. The molecule has 1 nitrogen and oxygen atoms in total. The van der Waals surface area contributed by atoms with E-state index in [4.69, 9.17) is 46.4 Å². The second kappa shape index (κ2) is 8.63. The van der Waals surface area contributed by atoms with E-state index in [1.54, 1.807) is 24.3 Å². The lowest BCUT2D eigenvalue weighted by molar-refractivity contribution is -0.112. The molecule has 0 aromatic heterocycles. The fourth-order valence-electron chi connectivity index (χ4n) is 2.95. The Bertz CT molecular complexity index is 839. The molecule has 2 aromatic rings. The summed E-state index contributed by atoms with van der Waals surface area (Å²) >= 11 is 24.4. The summed E-state index contributed by atoms with van der Waals surface area (Å²) < 4.78 is 0. The monoisotopic (exact) mass is 424 g/mol. The van der Waals surface area contributed by atoms with Crippen LogP contribution in [0.2, 0.25) is 20.1 Å². The fraction of sp³-hybridized carbons (Fsp3) is 0.190. The molecular weight excluding hydrogens is 410 g/mol. The maximum atomic E-state index is 13.0. The number of Topliss-reactive ketones (excluding diaryl/α,β-unsaturated/α-hetero) is 1. The predicted octanol–water partition coefficient (Wildman–Crippen LogP) is 7.91. The quantitative estimate of drug-likeness (QED) is 0.352. The molecule has 0 atom stereocenters. The van der Waals surface area contributed by atoms with Gasteiger partial charge in [-0.25, -0.2) is 0 Å². The molecule has 0 saturated heterocycles. The van der Waals surface area contributed by atoms with Crippen LogP contribution in [-0.4, -0.2) is 5.78 Å². The van der Waals surface area contributed by atoms with Crippen molar-refractivity contribution < 1.29 is 4.79 Å². The summed E-state index contributed by atoms with van der Waals surface area (Å²) in [5, 5.41) is 2.21. The van der Waals surface area contributed by atoms with E-state index in [-0.39, 0.29) is 5.78 Å². The Labute approximate surface area is 173 Å². The number of ketones is 1. The number of benzene rings is 2. The summed E-state index contributed by atoms with van der Waals surface area (Å²) in [6, 6.07) is 10.6. The number of hydrogen-bond donors (Lipinski definition) is 0. The first-order chi connectivity index (χ1) is 12.4. The molecule has 26 heavy (non-hydrogen) atoms. The lowest BCUT2D eigenvalue weighted by atomic mass is 9.98. The highest BCUT2D eigenvalue weighted by molar-refractivity contribution is 6.36. The third kappa shape index (κ3) is 4.72. The van der Waals surface area contributed by atoms with E-state index in [1.807, 2.05) is 24.3 Å². The van der Waals surface area contributed by atoms with Crippen molar-refractivity contribution in [3.8, 4) is 0 Å². The fourth-order valence-corrected chi connectivity index (χ4v) is 3.88. The van der Waals surface area contributed by atoms with Gasteiger partial charge in [-0.15, -0.1) is 0 Å². The number of carbonyl (C=O) groups is 1. The number of rotatable bonds is 2. The van der Waals surface area contributed by atoms with Crippen molar-refractivity contribution >= 4 is 64.3 Å². The van der Waals surface area contributed by atoms with Crippen LogP contribution in [0.3, 0.4) is 0 Å². The molecule has 0 spiro atoms. The molecule has 1 fully saturated rings. The van der Waals surface area contributed by atoms with Gasteiger partial charge in [-0.1, -0.05) is 58.5 Å². The summed E-state index contributed by atoms with van der Waals surface area (Å²) in [6.45, 7) is 0. The van der Waals surface area contributed by atoms with Gasteiger partial charge in [-0.2, -0.15) is 0 Å². The van der Waals surface area contributed by atoms with Crippen LogP contribution in [0.25, 0.3) is 12.2 Å². The van der Waals surface area contributed by atoms with Crippen molar-refractivity contribution in [1.29, 1.82) is 0 Å². The number of hydrogen-bond acceptors (Lipinski definition) is 1. The van der Waals surface area contributed by atoms with Crippen LogP contribution in [0.4, 0.5) is 0 Å². The third-order valence-corrected chi connectivity index (χ3v) is 5.43. The van der Waals surface area contributed by atoms with Crippen LogP contribution in [0.1, 0.15) is 36.8 Å². The Hall–Kier alpha value is -1.25. The average molecular weight is 426 g/mol. The Morgan fingerprint density at radius 2 is 1.12 bits per heavy atom. The standard InChI is InChI=1S/C21H16Cl4O/c22-17-7-5-13(19(24)11-17)9-15-3-1-2-4-16(21(15)26)10-14-6-8-18(23)12-20(14)25/h5-12H,1-4H2/b15-9+,16-10+. The highest BCUT2D eigenvalue weighted by Gasteiger charge is 2.19. The van der Waals surface area contributed by atoms with Crippen LogP contribution in [0.15, 0.2) is 47.5 Å². The second-order valence-corrected chi connectivity index (χ2v) is 7.89. The summed E-state index contributed by atoms with van der Waals surface area (Å²) in [5.41, 5.74) is 3.10. The molecule has 134 valence electrons. The SMILES string of the molecule is O=C1/C(=C/c2ccc(Cl)cc2Cl)CCCC/C1=C\c1ccc(Cl)cc1Cl. The number of carbonyl (C=O) groups excluding carboxylic acids is 1. The lowest BCUT2D eigenvalue weighted by Crippen LogP contribution is -2.04. The van der Waals surface area contributed by atoms with E-state index < -0.39 is 0 Å².